The highest BCUT2D eigenvalue weighted by Crippen LogP contribution is 2.45. The van der Waals surface area contributed by atoms with E-state index < -0.39 is 18.4 Å². The highest BCUT2D eigenvalue weighted by atomic mass is 79.9. The molecule has 3 aliphatic rings. The third-order valence-electron chi connectivity index (χ3n) is 8.77. The van der Waals surface area contributed by atoms with Crippen molar-refractivity contribution in [1.29, 1.82) is 0 Å². The number of nitrogens with zero attached hydrogens (tertiary/aromatic N) is 6. The molecule has 1 amide bonds. The molecule has 1 aromatic heterocycles. The first-order chi connectivity index (χ1) is 20.1. The fourth-order valence-electron chi connectivity index (χ4n) is 6.28. The molecule has 0 radical (unpaired) electrons. The van der Waals surface area contributed by atoms with Crippen molar-refractivity contribution in [3.63, 3.8) is 0 Å². The van der Waals surface area contributed by atoms with Gasteiger partial charge < -0.3 is 24.2 Å². The lowest BCUT2D eigenvalue weighted by Gasteiger charge is -2.53. The van der Waals surface area contributed by atoms with Crippen LogP contribution in [0.5, 0.6) is 5.75 Å². The quantitative estimate of drug-likeness (QED) is 0.383. The van der Waals surface area contributed by atoms with Crippen LogP contribution in [-0.4, -0.2) is 103 Å². The smallest absolute Gasteiger partial charge is 0.422 e. The number of hydrogen-bond donors (Lipinski definition) is 0. The molecule has 0 bridgehead atoms. The van der Waals surface area contributed by atoms with E-state index in [-0.39, 0.29) is 17.3 Å². The van der Waals surface area contributed by atoms with Crippen molar-refractivity contribution in [2.45, 2.75) is 71.7 Å². The van der Waals surface area contributed by atoms with Crippen LogP contribution in [0.4, 0.5) is 29.7 Å². The molecule has 4 heterocycles. The van der Waals surface area contributed by atoms with E-state index in [0.29, 0.717) is 65.9 Å². The first-order valence-electron chi connectivity index (χ1n) is 15.0. The van der Waals surface area contributed by atoms with Gasteiger partial charge in [0, 0.05) is 62.7 Å². The number of amides is 1. The Morgan fingerprint density at radius 1 is 1.09 bits per heavy atom. The molecule has 9 nitrogen and oxygen atoms in total. The zero-order valence-corrected chi connectivity index (χ0v) is 27.4. The van der Waals surface area contributed by atoms with Gasteiger partial charge in [0.1, 0.15) is 16.9 Å². The molecular formula is C30H42BrF3N6O3. The average molecular weight is 672 g/mol. The number of likely N-dealkylation sites (N-methyl/N-ethyl adjacent to an activating group) is 1. The maximum atomic E-state index is 13.3. The SMILES string of the molecule is CCC1CN(c2nc(N3CCC4(CC3)CN(C(=O)OC(C)(C)C)C4)c3cc(C)c(Br)c(OCC(F)(F)F)c3n2)CCN1C. The fraction of sp³-hybridized carbons (Fsp3) is 0.700. The fourth-order valence-corrected chi connectivity index (χ4v) is 6.70. The van der Waals surface area contributed by atoms with Gasteiger partial charge in [-0.15, -0.1) is 0 Å². The van der Waals surface area contributed by atoms with Gasteiger partial charge in [-0.05, 0) is 81.6 Å². The summed E-state index contributed by atoms with van der Waals surface area (Å²) in [5.41, 5.74) is 0.610. The highest BCUT2D eigenvalue weighted by Gasteiger charge is 2.48. The molecule has 1 unspecified atom stereocenters. The number of alkyl halides is 3. The van der Waals surface area contributed by atoms with E-state index in [1.54, 1.807) is 4.90 Å². The van der Waals surface area contributed by atoms with Gasteiger partial charge in [-0.2, -0.15) is 18.2 Å². The Kier molecular flexibility index (Phi) is 8.71. The lowest BCUT2D eigenvalue weighted by Crippen LogP contribution is -2.62. The number of benzene rings is 1. The van der Waals surface area contributed by atoms with E-state index in [0.717, 1.165) is 37.9 Å². The van der Waals surface area contributed by atoms with Crippen molar-refractivity contribution in [3.05, 3.63) is 16.1 Å². The van der Waals surface area contributed by atoms with Gasteiger partial charge in [-0.3, -0.25) is 4.90 Å². The summed E-state index contributed by atoms with van der Waals surface area (Å²) in [7, 11) is 2.11. The molecule has 5 rings (SSSR count). The van der Waals surface area contributed by atoms with Crippen LogP contribution < -0.4 is 14.5 Å². The number of likely N-dealkylation sites (tertiary alicyclic amines) is 1. The number of aromatic nitrogens is 2. The number of carbonyl (C=O) groups excluding carboxylic acids is 1. The standard InChI is InChI=1S/C30H42BrF3N6O3/c1-7-20-15-39(13-12-37(20)6)26-35-23-21(14-19(2)22(31)24(23)42-18-30(32,33)34)25(36-26)38-10-8-29(9-11-38)16-40(17-29)27(41)43-28(3,4)5/h14,20H,7-13,15-18H2,1-6H3. The van der Waals surface area contributed by atoms with E-state index >= 15 is 0 Å². The molecule has 13 heteroatoms. The number of carbonyl (C=O) groups is 1. The zero-order valence-electron chi connectivity index (χ0n) is 25.9. The van der Waals surface area contributed by atoms with E-state index in [9.17, 15) is 18.0 Å². The Labute approximate surface area is 259 Å². The van der Waals surface area contributed by atoms with Gasteiger partial charge in [0.25, 0.3) is 0 Å². The van der Waals surface area contributed by atoms with E-state index in [4.69, 9.17) is 19.4 Å². The second kappa shape index (κ2) is 11.8. The molecule has 1 spiro atoms. The average Bonchev–Trinajstić information content (AvgIpc) is 2.90. The van der Waals surface area contributed by atoms with Crippen LogP contribution >= 0.6 is 15.9 Å². The normalized spacial score (nSPS) is 21.3. The van der Waals surface area contributed by atoms with Crippen molar-refractivity contribution in [3.8, 4) is 5.75 Å². The van der Waals surface area contributed by atoms with Gasteiger partial charge in [0.05, 0.1) is 4.47 Å². The molecule has 2 aromatic rings. The largest absolute Gasteiger partial charge is 0.481 e. The van der Waals surface area contributed by atoms with E-state index in [2.05, 4.69) is 44.6 Å². The first-order valence-corrected chi connectivity index (χ1v) is 15.8. The molecule has 0 saturated carbocycles. The lowest BCUT2D eigenvalue weighted by atomic mass is 9.72. The molecule has 3 fully saturated rings. The minimum Gasteiger partial charge on any atom is -0.481 e. The Bertz CT molecular complexity index is 1350. The summed E-state index contributed by atoms with van der Waals surface area (Å²) < 4.78 is 51.2. The molecule has 3 saturated heterocycles. The summed E-state index contributed by atoms with van der Waals surface area (Å²) in [6.07, 6.45) is -2.07. The van der Waals surface area contributed by atoms with E-state index in [1.165, 1.54) is 0 Å². The first kappa shape index (κ1) is 31.9. The Balaban J connectivity index is 1.46. The molecule has 238 valence electrons. The Morgan fingerprint density at radius 2 is 1.77 bits per heavy atom. The third-order valence-corrected chi connectivity index (χ3v) is 9.76. The Morgan fingerprint density at radius 3 is 2.37 bits per heavy atom. The number of hydrogen-bond acceptors (Lipinski definition) is 8. The van der Waals surface area contributed by atoms with Crippen LogP contribution in [0.3, 0.4) is 0 Å². The Hall–Kier alpha value is -2.54. The highest BCUT2D eigenvalue weighted by molar-refractivity contribution is 9.10. The minimum atomic E-state index is -4.49. The summed E-state index contributed by atoms with van der Waals surface area (Å²) in [6, 6.07) is 2.25. The topological polar surface area (TPSA) is 74.3 Å². The van der Waals surface area contributed by atoms with Crippen LogP contribution in [0.2, 0.25) is 0 Å². The van der Waals surface area contributed by atoms with E-state index in [1.807, 2.05) is 33.8 Å². The van der Waals surface area contributed by atoms with Crippen molar-refractivity contribution in [2.24, 2.45) is 5.41 Å². The van der Waals surface area contributed by atoms with Crippen molar-refractivity contribution in [2.75, 3.05) is 69.3 Å². The van der Waals surface area contributed by atoms with Gasteiger partial charge in [-0.25, -0.2) is 9.78 Å². The number of fused-ring (bicyclic) bond motifs is 1. The zero-order chi connectivity index (χ0) is 31.3. The predicted molar refractivity (Wildman–Crippen MR) is 164 cm³/mol. The lowest BCUT2D eigenvalue weighted by molar-refractivity contribution is -0.153. The van der Waals surface area contributed by atoms with Gasteiger partial charge in [0.2, 0.25) is 5.95 Å². The van der Waals surface area contributed by atoms with Crippen LogP contribution in [-0.2, 0) is 4.74 Å². The van der Waals surface area contributed by atoms with Crippen LogP contribution in [0.25, 0.3) is 10.9 Å². The number of ether oxygens (including phenoxy) is 2. The van der Waals surface area contributed by atoms with Crippen molar-refractivity contribution < 1.29 is 27.4 Å². The molecule has 1 aromatic carbocycles. The number of rotatable bonds is 5. The van der Waals surface area contributed by atoms with Crippen LogP contribution in [0.1, 0.15) is 52.5 Å². The summed E-state index contributed by atoms with van der Waals surface area (Å²) in [4.78, 5) is 30.9. The van der Waals surface area contributed by atoms with Crippen LogP contribution in [0, 0.1) is 12.3 Å². The molecule has 1 atom stereocenters. The number of piperidine rings is 1. The molecule has 3 aliphatic heterocycles. The minimum absolute atomic E-state index is 0.0325. The number of halogens is 4. The molecule has 43 heavy (non-hydrogen) atoms. The predicted octanol–water partition coefficient (Wildman–Crippen LogP) is 6.01. The maximum Gasteiger partial charge on any atom is 0.422 e. The second-order valence-electron chi connectivity index (χ2n) is 13.3. The summed E-state index contributed by atoms with van der Waals surface area (Å²) in [5.74, 6) is 1.29. The molecular weight excluding hydrogens is 629 g/mol. The van der Waals surface area contributed by atoms with Crippen molar-refractivity contribution in [1.82, 2.24) is 19.8 Å². The number of anilines is 2. The number of aryl methyl sites for hydroxylation is 1. The number of piperazine rings is 1. The molecule has 0 aliphatic carbocycles. The summed E-state index contributed by atoms with van der Waals surface area (Å²) in [5, 5.41) is 0.669. The second-order valence-corrected chi connectivity index (χ2v) is 14.1. The third kappa shape index (κ3) is 6.92. The van der Waals surface area contributed by atoms with Crippen LogP contribution in [0.15, 0.2) is 10.5 Å². The van der Waals surface area contributed by atoms with Gasteiger partial charge >= 0.3 is 12.3 Å². The summed E-state index contributed by atoms with van der Waals surface area (Å²) in [6.45, 7) is 13.2. The van der Waals surface area contributed by atoms with Crippen molar-refractivity contribution >= 4 is 44.7 Å². The molecule has 0 N–H and O–H groups in total. The monoisotopic (exact) mass is 670 g/mol. The van der Waals surface area contributed by atoms with Gasteiger partial charge in [0.15, 0.2) is 12.4 Å². The maximum absolute atomic E-state index is 13.3. The van der Waals surface area contributed by atoms with Gasteiger partial charge in [-0.1, -0.05) is 6.92 Å². The summed E-state index contributed by atoms with van der Waals surface area (Å²) >= 11 is 3.48.